The third-order valence-corrected chi connectivity index (χ3v) is 3.88. The number of benzene rings is 1. The van der Waals surface area contributed by atoms with Crippen molar-refractivity contribution < 1.29 is 22.7 Å². The highest BCUT2D eigenvalue weighted by Gasteiger charge is 2.34. The summed E-state index contributed by atoms with van der Waals surface area (Å²) in [5.41, 5.74) is -0.328. The van der Waals surface area contributed by atoms with Crippen LogP contribution in [-0.2, 0) is 15.7 Å². The Morgan fingerprint density at radius 2 is 1.96 bits per heavy atom. The molecule has 1 heterocycles. The van der Waals surface area contributed by atoms with E-state index in [4.69, 9.17) is 16.3 Å². The normalized spacial score (nSPS) is 12.5. The van der Waals surface area contributed by atoms with Crippen molar-refractivity contribution in [3.63, 3.8) is 0 Å². The van der Waals surface area contributed by atoms with Gasteiger partial charge >= 0.3 is 12.1 Å². The molecule has 2 N–H and O–H groups in total. The summed E-state index contributed by atoms with van der Waals surface area (Å²) in [6.45, 7) is 0.289. The van der Waals surface area contributed by atoms with Crippen molar-refractivity contribution in [1.29, 1.82) is 0 Å². The van der Waals surface area contributed by atoms with Crippen molar-refractivity contribution in [2.24, 2.45) is 0 Å². The Labute approximate surface area is 153 Å². The number of methoxy groups -OCH3 is 1. The number of hydrogen-bond donors (Lipinski definition) is 2. The van der Waals surface area contributed by atoms with Crippen molar-refractivity contribution in [3.05, 3.63) is 58.7 Å². The highest BCUT2D eigenvalue weighted by molar-refractivity contribution is 6.31. The van der Waals surface area contributed by atoms with Gasteiger partial charge in [-0.3, -0.25) is 5.32 Å². The topological polar surface area (TPSA) is 63.2 Å². The number of carbonyl (C=O) groups excluding carboxylic acids is 1. The van der Waals surface area contributed by atoms with E-state index in [0.717, 1.165) is 6.07 Å². The van der Waals surface area contributed by atoms with Gasteiger partial charge in [-0.15, -0.1) is 0 Å². The van der Waals surface area contributed by atoms with E-state index in [0.29, 0.717) is 10.6 Å². The molecule has 0 spiro atoms. The summed E-state index contributed by atoms with van der Waals surface area (Å²) < 4.78 is 43.6. The van der Waals surface area contributed by atoms with Crippen LogP contribution in [0.3, 0.4) is 0 Å². The Bertz CT molecular complexity index is 756. The van der Waals surface area contributed by atoms with Crippen LogP contribution in [-0.4, -0.2) is 31.2 Å². The van der Waals surface area contributed by atoms with Crippen LogP contribution >= 0.6 is 11.6 Å². The summed E-state index contributed by atoms with van der Waals surface area (Å²) >= 11 is 6.10. The minimum absolute atomic E-state index is 0.109. The van der Waals surface area contributed by atoms with Crippen LogP contribution in [0.5, 0.6) is 0 Å². The van der Waals surface area contributed by atoms with Crippen LogP contribution in [0.4, 0.5) is 19.0 Å². The molecule has 0 saturated heterocycles. The Kier molecular flexibility index (Phi) is 6.82. The van der Waals surface area contributed by atoms with Crippen molar-refractivity contribution in [3.8, 4) is 0 Å². The highest BCUT2D eigenvalue weighted by Crippen LogP contribution is 2.33. The number of pyridine rings is 1. The molecule has 1 aromatic heterocycles. The van der Waals surface area contributed by atoms with E-state index in [1.165, 1.54) is 19.4 Å². The predicted molar refractivity (Wildman–Crippen MR) is 91.9 cm³/mol. The average molecular weight is 388 g/mol. The van der Waals surface area contributed by atoms with Gasteiger partial charge < -0.3 is 10.1 Å². The summed E-state index contributed by atoms with van der Waals surface area (Å²) in [5, 5.41) is 5.93. The van der Waals surface area contributed by atoms with Gasteiger partial charge in [0.1, 0.15) is 11.9 Å². The van der Waals surface area contributed by atoms with E-state index in [1.807, 2.05) is 0 Å². The lowest BCUT2D eigenvalue weighted by molar-refractivity contribution is -0.143. The monoisotopic (exact) mass is 387 g/mol. The molecule has 0 aliphatic rings. The fraction of sp³-hybridized carbons (Fsp3) is 0.294. The van der Waals surface area contributed by atoms with Crippen LogP contribution in [0.15, 0.2) is 42.6 Å². The molecule has 0 aliphatic heterocycles. The molecule has 0 aliphatic carbocycles. The number of rotatable bonds is 7. The SMILES string of the molecule is COC(=O)C(NCCNc1ncccc1C(F)(F)F)c1ccccc1Cl. The molecule has 26 heavy (non-hydrogen) atoms. The zero-order valence-electron chi connectivity index (χ0n) is 13.8. The number of anilines is 1. The molecule has 5 nitrogen and oxygen atoms in total. The molecule has 9 heteroatoms. The van der Waals surface area contributed by atoms with Gasteiger partial charge in [0.25, 0.3) is 0 Å². The summed E-state index contributed by atoms with van der Waals surface area (Å²) in [6.07, 6.45) is -3.23. The Balaban J connectivity index is 2.01. The molecule has 2 rings (SSSR count). The Hall–Kier alpha value is -2.32. The number of halogens is 4. The molecule has 0 amide bonds. The number of nitrogens with one attached hydrogen (secondary N) is 2. The van der Waals surface area contributed by atoms with Gasteiger partial charge in [-0.05, 0) is 23.8 Å². The van der Waals surface area contributed by atoms with Crippen molar-refractivity contribution in [2.75, 3.05) is 25.5 Å². The summed E-state index contributed by atoms with van der Waals surface area (Å²) in [4.78, 5) is 15.7. The van der Waals surface area contributed by atoms with Gasteiger partial charge in [0.15, 0.2) is 0 Å². The first-order chi connectivity index (χ1) is 12.3. The van der Waals surface area contributed by atoms with Crippen LogP contribution in [0.25, 0.3) is 0 Å². The van der Waals surface area contributed by atoms with E-state index in [1.54, 1.807) is 24.3 Å². The van der Waals surface area contributed by atoms with E-state index < -0.39 is 23.8 Å². The Morgan fingerprint density at radius 3 is 2.62 bits per heavy atom. The maximum Gasteiger partial charge on any atom is 0.419 e. The first kappa shape index (κ1) is 20.0. The number of hydrogen-bond acceptors (Lipinski definition) is 5. The smallest absolute Gasteiger partial charge is 0.419 e. The first-order valence-electron chi connectivity index (χ1n) is 7.66. The number of esters is 1. The van der Waals surface area contributed by atoms with Crippen LogP contribution in [0, 0.1) is 0 Å². The lowest BCUT2D eigenvalue weighted by atomic mass is 10.1. The standard InChI is InChI=1S/C17H17ClF3N3O2/c1-26-16(25)14(11-5-2-3-7-13(11)18)22-9-10-24-15-12(17(19,20)21)6-4-8-23-15/h2-8,14,22H,9-10H2,1H3,(H,23,24). The zero-order valence-corrected chi connectivity index (χ0v) is 14.6. The third kappa shape index (κ3) is 5.09. The molecule has 0 radical (unpaired) electrons. The molecule has 1 unspecified atom stereocenters. The number of carbonyl (C=O) groups is 1. The van der Waals surface area contributed by atoms with Gasteiger partial charge in [-0.25, -0.2) is 9.78 Å². The number of nitrogens with zero attached hydrogens (tertiary/aromatic N) is 1. The molecule has 0 fully saturated rings. The van der Waals surface area contributed by atoms with Crippen LogP contribution in [0.1, 0.15) is 17.2 Å². The van der Waals surface area contributed by atoms with Gasteiger partial charge in [-0.2, -0.15) is 13.2 Å². The van der Waals surface area contributed by atoms with E-state index in [9.17, 15) is 18.0 Å². The first-order valence-corrected chi connectivity index (χ1v) is 8.04. The summed E-state index contributed by atoms with van der Waals surface area (Å²) in [6, 6.07) is 8.09. The van der Waals surface area contributed by atoms with Crippen molar-refractivity contribution in [2.45, 2.75) is 12.2 Å². The molecule has 2 aromatic rings. The van der Waals surface area contributed by atoms with Crippen molar-refractivity contribution in [1.82, 2.24) is 10.3 Å². The van der Waals surface area contributed by atoms with Gasteiger partial charge in [0, 0.05) is 24.3 Å². The largest absolute Gasteiger partial charge is 0.468 e. The molecular weight excluding hydrogens is 371 g/mol. The van der Waals surface area contributed by atoms with Gasteiger partial charge in [0.05, 0.1) is 12.7 Å². The maximum atomic E-state index is 12.9. The molecule has 0 bridgehead atoms. The predicted octanol–water partition coefficient (Wildman–Crippen LogP) is 3.67. The second kappa shape index (κ2) is 8.86. The van der Waals surface area contributed by atoms with Gasteiger partial charge in [-0.1, -0.05) is 29.8 Å². The zero-order chi connectivity index (χ0) is 19.2. The average Bonchev–Trinajstić information content (AvgIpc) is 2.61. The number of alkyl halides is 3. The van der Waals surface area contributed by atoms with E-state index >= 15 is 0 Å². The number of ether oxygens (including phenoxy) is 1. The van der Waals surface area contributed by atoms with E-state index in [-0.39, 0.29) is 18.9 Å². The molecule has 1 atom stereocenters. The van der Waals surface area contributed by atoms with E-state index in [2.05, 4.69) is 15.6 Å². The molecule has 0 saturated carbocycles. The quantitative estimate of drug-likeness (QED) is 0.560. The minimum Gasteiger partial charge on any atom is -0.468 e. The molecular formula is C17H17ClF3N3O2. The molecule has 1 aromatic carbocycles. The Morgan fingerprint density at radius 1 is 1.23 bits per heavy atom. The lowest BCUT2D eigenvalue weighted by Crippen LogP contribution is -2.33. The maximum absolute atomic E-state index is 12.9. The highest BCUT2D eigenvalue weighted by atomic mass is 35.5. The van der Waals surface area contributed by atoms with Crippen LogP contribution < -0.4 is 10.6 Å². The van der Waals surface area contributed by atoms with Crippen LogP contribution in [0.2, 0.25) is 5.02 Å². The minimum atomic E-state index is -4.50. The third-order valence-electron chi connectivity index (χ3n) is 3.53. The lowest BCUT2D eigenvalue weighted by Gasteiger charge is -2.19. The second-order valence-electron chi connectivity index (χ2n) is 5.26. The summed E-state index contributed by atoms with van der Waals surface area (Å²) in [7, 11) is 1.25. The fourth-order valence-corrected chi connectivity index (χ4v) is 2.56. The summed E-state index contributed by atoms with van der Waals surface area (Å²) in [5.74, 6) is -0.818. The number of aromatic nitrogens is 1. The molecule has 140 valence electrons. The van der Waals surface area contributed by atoms with Gasteiger partial charge in [0.2, 0.25) is 0 Å². The fourth-order valence-electron chi connectivity index (χ4n) is 2.32. The second-order valence-corrected chi connectivity index (χ2v) is 5.66. The van der Waals surface area contributed by atoms with Crippen molar-refractivity contribution >= 4 is 23.4 Å².